The van der Waals surface area contributed by atoms with Crippen LogP contribution in [-0.4, -0.2) is 51.4 Å². The fourth-order valence-electron chi connectivity index (χ4n) is 5.18. The van der Waals surface area contributed by atoms with Crippen molar-refractivity contribution < 1.29 is 44.3 Å². The number of anilines is 1. The molecule has 0 aliphatic carbocycles. The van der Waals surface area contributed by atoms with Gasteiger partial charge in [-0.25, -0.2) is 0 Å². The standard InChI is InChI=1S/C27H29F9N6O/c1-16(2)23(41-6-8-43-9-7-41)22-5-4-19(25(28,29)30)12-18(22)15-42(24-37-39-40(3)38-24)14-17-10-20(26(31,32)33)13-21(11-17)27(34,35)36/h4-5,10-13,16,23H,6-9,14-15H2,1-3H3/t23-/m0/s1. The molecule has 0 bridgehead atoms. The normalized spacial score (nSPS) is 16.1. The van der Waals surface area contributed by atoms with Gasteiger partial charge in [0.25, 0.3) is 5.95 Å². The zero-order valence-electron chi connectivity index (χ0n) is 23.4. The van der Waals surface area contributed by atoms with Crippen molar-refractivity contribution in [3.8, 4) is 0 Å². The maximum Gasteiger partial charge on any atom is 0.416 e. The van der Waals surface area contributed by atoms with Crippen LogP contribution in [-0.2, 0) is 43.4 Å². The topological polar surface area (TPSA) is 59.3 Å². The molecular weight excluding hydrogens is 595 g/mol. The average molecular weight is 625 g/mol. The summed E-state index contributed by atoms with van der Waals surface area (Å²) in [5, 5.41) is 11.6. The van der Waals surface area contributed by atoms with Gasteiger partial charge < -0.3 is 9.64 Å². The van der Waals surface area contributed by atoms with Gasteiger partial charge in [-0.05, 0) is 58.2 Å². The van der Waals surface area contributed by atoms with Crippen molar-refractivity contribution in [3.05, 3.63) is 69.8 Å². The second kappa shape index (κ2) is 12.3. The van der Waals surface area contributed by atoms with Crippen molar-refractivity contribution in [1.82, 2.24) is 25.1 Å². The predicted octanol–water partition coefficient (Wildman–Crippen LogP) is 6.50. The first-order valence-corrected chi connectivity index (χ1v) is 13.2. The molecule has 0 N–H and O–H groups in total. The summed E-state index contributed by atoms with van der Waals surface area (Å²) < 4.78 is 128. The summed E-state index contributed by atoms with van der Waals surface area (Å²) in [6.45, 7) is 4.74. The van der Waals surface area contributed by atoms with E-state index in [1.165, 1.54) is 18.0 Å². The predicted molar refractivity (Wildman–Crippen MR) is 137 cm³/mol. The quantitative estimate of drug-likeness (QED) is 0.267. The molecule has 0 radical (unpaired) electrons. The number of aryl methyl sites for hydroxylation is 1. The van der Waals surface area contributed by atoms with Crippen LogP contribution in [0.5, 0.6) is 0 Å². The van der Waals surface area contributed by atoms with Crippen LogP contribution in [0.2, 0.25) is 0 Å². The highest BCUT2D eigenvalue weighted by Gasteiger charge is 2.38. The largest absolute Gasteiger partial charge is 0.416 e. The minimum atomic E-state index is -5.08. The van der Waals surface area contributed by atoms with Crippen LogP contribution >= 0.6 is 0 Å². The van der Waals surface area contributed by atoms with Gasteiger partial charge in [0.2, 0.25) is 0 Å². The third-order valence-corrected chi connectivity index (χ3v) is 7.02. The fourth-order valence-corrected chi connectivity index (χ4v) is 5.18. The minimum absolute atomic E-state index is 0.00882. The highest BCUT2D eigenvalue weighted by Crippen LogP contribution is 2.39. The van der Waals surface area contributed by atoms with Gasteiger partial charge in [-0.3, -0.25) is 4.90 Å². The number of morpholine rings is 1. The summed E-state index contributed by atoms with van der Waals surface area (Å²) in [4.78, 5) is 4.30. The molecule has 4 rings (SSSR count). The first-order chi connectivity index (χ1) is 19.9. The lowest BCUT2D eigenvalue weighted by Gasteiger charge is -2.38. The van der Waals surface area contributed by atoms with Crippen molar-refractivity contribution in [3.63, 3.8) is 0 Å². The lowest BCUT2D eigenvalue weighted by atomic mass is 9.89. The van der Waals surface area contributed by atoms with Gasteiger partial charge in [-0.1, -0.05) is 25.0 Å². The monoisotopic (exact) mass is 624 g/mol. The maximum absolute atomic E-state index is 13.8. The van der Waals surface area contributed by atoms with Gasteiger partial charge in [-0.15, -0.1) is 5.10 Å². The van der Waals surface area contributed by atoms with Crippen molar-refractivity contribution in [2.24, 2.45) is 13.0 Å². The summed E-state index contributed by atoms with van der Waals surface area (Å²) >= 11 is 0. The van der Waals surface area contributed by atoms with E-state index in [4.69, 9.17) is 4.74 Å². The molecule has 2 aromatic carbocycles. The molecule has 1 atom stereocenters. The number of alkyl halides is 9. The summed E-state index contributed by atoms with van der Waals surface area (Å²) in [5.41, 5.74) is -3.69. The van der Waals surface area contributed by atoms with Crippen LogP contribution in [0.4, 0.5) is 45.5 Å². The number of halogens is 9. The molecule has 0 spiro atoms. The summed E-state index contributed by atoms with van der Waals surface area (Å²) in [5.74, 6) is -0.265. The first kappa shape index (κ1) is 32.5. The third kappa shape index (κ3) is 7.96. The van der Waals surface area contributed by atoms with Gasteiger partial charge in [0.1, 0.15) is 0 Å². The number of ether oxygens (including phenoxy) is 1. The Morgan fingerprint density at radius 1 is 0.814 bits per heavy atom. The molecule has 0 saturated carbocycles. The van der Waals surface area contributed by atoms with E-state index in [0.29, 0.717) is 44.0 Å². The van der Waals surface area contributed by atoms with Crippen LogP contribution < -0.4 is 4.90 Å². The Hall–Kier alpha value is -3.40. The second-order valence-electron chi connectivity index (χ2n) is 10.6. The molecule has 0 unspecified atom stereocenters. The van der Waals surface area contributed by atoms with Crippen LogP contribution in [0.25, 0.3) is 0 Å². The smallest absolute Gasteiger partial charge is 0.379 e. The van der Waals surface area contributed by atoms with E-state index in [1.54, 1.807) is 0 Å². The number of rotatable bonds is 8. The van der Waals surface area contributed by atoms with E-state index in [9.17, 15) is 39.5 Å². The average Bonchev–Trinajstić information content (AvgIpc) is 3.34. The van der Waals surface area contributed by atoms with E-state index in [1.807, 2.05) is 13.8 Å². The second-order valence-corrected chi connectivity index (χ2v) is 10.6. The van der Waals surface area contributed by atoms with Gasteiger partial charge >= 0.3 is 18.5 Å². The molecular formula is C27H29F9N6O. The Balaban J connectivity index is 1.83. The van der Waals surface area contributed by atoms with E-state index in [-0.39, 0.29) is 36.1 Å². The molecule has 43 heavy (non-hydrogen) atoms. The molecule has 1 aliphatic heterocycles. The van der Waals surface area contributed by atoms with Gasteiger partial charge in [0.15, 0.2) is 0 Å². The molecule has 3 aromatic rings. The van der Waals surface area contributed by atoms with E-state index in [2.05, 4.69) is 20.3 Å². The lowest BCUT2D eigenvalue weighted by molar-refractivity contribution is -0.143. The van der Waals surface area contributed by atoms with E-state index < -0.39 is 47.3 Å². The molecule has 1 saturated heterocycles. The summed E-state index contributed by atoms with van der Waals surface area (Å²) in [6, 6.07) is 4.06. The molecule has 1 fully saturated rings. The Bertz CT molecular complexity index is 1360. The Morgan fingerprint density at radius 2 is 1.40 bits per heavy atom. The maximum atomic E-state index is 13.8. The molecule has 0 amide bonds. The Morgan fingerprint density at radius 3 is 1.88 bits per heavy atom. The van der Waals surface area contributed by atoms with Gasteiger partial charge in [0.05, 0.1) is 37.0 Å². The zero-order valence-corrected chi connectivity index (χ0v) is 23.4. The van der Waals surface area contributed by atoms with Gasteiger partial charge in [-0.2, -0.15) is 44.3 Å². The highest BCUT2D eigenvalue weighted by atomic mass is 19.4. The third-order valence-electron chi connectivity index (χ3n) is 7.02. The fraction of sp³-hybridized carbons (Fsp3) is 0.519. The SMILES string of the molecule is CC(C)[C@@H](c1ccc(C(F)(F)F)cc1CN(Cc1cc(C(F)(F)F)cc(C(F)(F)F)c1)c1nnn(C)n1)N1CCOCC1. The van der Waals surface area contributed by atoms with Gasteiger partial charge in [0, 0.05) is 32.2 Å². The van der Waals surface area contributed by atoms with Crippen LogP contribution in [0.1, 0.15) is 53.3 Å². The van der Waals surface area contributed by atoms with Crippen molar-refractivity contribution >= 4 is 5.95 Å². The number of tetrazole rings is 1. The zero-order chi connectivity index (χ0) is 31.7. The van der Waals surface area contributed by atoms with E-state index >= 15 is 0 Å². The molecule has 7 nitrogen and oxygen atoms in total. The van der Waals surface area contributed by atoms with Crippen LogP contribution in [0.15, 0.2) is 36.4 Å². The Kier molecular flexibility index (Phi) is 9.30. The van der Waals surface area contributed by atoms with E-state index in [0.717, 1.165) is 16.9 Å². The molecule has 1 aromatic heterocycles. The van der Waals surface area contributed by atoms with Crippen molar-refractivity contribution in [1.29, 1.82) is 0 Å². The molecule has 16 heteroatoms. The van der Waals surface area contributed by atoms with Crippen LogP contribution in [0, 0.1) is 5.92 Å². The summed E-state index contributed by atoms with van der Waals surface area (Å²) in [7, 11) is 1.39. The number of hydrogen-bond acceptors (Lipinski definition) is 6. The number of aromatic nitrogens is 4. The van der Waals surface area contributed by atoms with Crippen LogP contribution in [0.3, 0.4) is 0 Å². The molecule has 1 aliphatic rings. The number of hydrogen-bond donors (Lipinski definition) is 0. The molecule has 2 heterocycles. The highest BCUT2D eigenvalue weighted by molar-refractivity contribution is 5.42. The molecule has 236 valence electrons. The minimum Gasteiger partial charge on any atom is -0.379 e. The summed E-state index contributed by atoms with van der Waals surface area (Å²) in [6.07, 6.45) is -14.9. The number of nitrogens with zero attached hydrogens (tertiary/aromatic N) is 6. The Labute approximate surface area is 241 Å². The number of benzene rings is 2. The van der Waals surface area contributed by atoms with Crippen molar-refractivity contribution in [2.75, 3.05) is 31.2 Å². The van der Waals surface area contributed by atoms with Crippen molar-refractivity contribution in [2.45, 2.75) is 51.5 Å². The lowest BCUT2D eigenvalue weighted by Crippen LogP contribution is -2.41. The first-order valence-electron chi connectivity index (χ1n) is 13.2.